The molecular weight excluding hydrogens is 272 g/mol. The zero-order valence-corrected chi connectivity index (χ0v) is 12.7. The molecule has 3 heteroatoms. The number of rotatable bonds is 3. The van der Waals surface area contributed by atoms with E-state index in [9.17, 15) is 5.11 Å². The molecule has 0 aliphatic carbocycles. The lowest BCUT2D eigenvalue weighted by atomic mass is 9.73. The van der Waals surface area contributed by atoms with Crippen LogP contribution in [0.1, 0.15) is 24.5 Å². The summed E-state index contributed by atoms with van der Waals surface area (Å²) in [7, 11) is 0. The fourth-order valence-corrected chi connectivity index (χ4v) is 4.29. The predicted octanol–water partition coefficient (Wildman–Crippen LogP) is 3.16. The van der Waals surface area contributed by atoms with Crippen molar-refractivity contribution in [3.63, 3.8) is 0 Å². The molecule has 0 spiro atoms. The smallest absolute Gasteiger partial charge is 0.0952 e. The number of pyridine rings is 1. The van der Waals surface area contributed by atoms with Crippen LogP contribution in [0.5, 0.6) is 0 Å². The molecule has 114 valence electrons. The summed E-state index contributed by atoms with van der Waals surface area (Å²) in [4.78, 5) is 6.86. The standard InChI is InChI=1S/C19H22N2O/c1-2-13-12-21-10-8-14(13)11-18(21)19(22)16-7-9-20-17-6-4-3-5-15(16)17/h2-7,9,13-14,18-19,22H,1,8,10-12H2/t13?,14-,18?,19-/m0/s1. The van der Waals surface area contributed by atoms with Crippen molar-refractivity contribution in [2.45, 2.75) is 25.0 Å². The average molecular weight is 294 g/mol. The van der Waals surface area contributed by atoms with Gasteiger partial charge >= 0.3 is 0 Å². The molecule has 5 atom stereocenters. The number of aromatic nitrogens is 1. The fourth-order valence-electron chi connectivity index (χ4n) is 4.29. The van der Waals surface area contributed by atoms with Crippen LogP contribution in [-0.2, 0) is 0 Å². The first kappa shape index (κ1) is 13.9. The van der Waals surface area contributed by atoms with Crippen molar-refractivity contribution in [2.24, 2.45) is 11.8 Å². The largest absolute Gasteiger partial charge is 0.387 e. The van der Waals surface area contributed by atoms with Crippen molar-refractivity contribution in [3.8, 4) is 0 Å². The molecule has 0 radical (unpaired) electrons. The fraction of sp³-hybridized carbons (Fsp3) is 0.421. The summed E-state index contributed by atoms with van der Waals surface area (Å²) in [5.74, 6) is 1.27. The van der Waals surface area contributed by atoms with E-state index >= 15 is 0 Å². The third-order valence-corrected chi connectivity index (χ3v) is 5.52. The molecular formula is C19H22N2O. The van der Waals surface area contributed by atoms with Crippen LogP contribution < -0.4 is 0 Å². The summed E-state index contributed by atoms with van der Waals surface area (Å²) in [6, 6.07) is 10.3. The second kappa shape index (κ2) is 5.49. The van der Waals surface area contributed by atoms with Crippen molar-refractivity contribution in [1.29, 1.82) is 0 Å². The molecule has 0 saturated carbocycles. The van der Waals surface area contributed by atoms with Gasteiger partial charge < -0.3 is 5.11 Å². The predicted molar refractivity (Wildman–Crippen MR) is 88.5 cm³/mol. The monoisotopic (exact) mass is 294 g/mol. The summed E-state index contributed by atoms with van der Waals surface area (Å²) in [5, 5.41) is 12.1. The molecule has 0 amide bonds. The molecule has 1 N–H and O–H groups in total. The normalized spacial score (nSPS) is 32.0. The maximum Gasteiger partial charge on any atom is 0.0952 e. The molecule has 3 saturated heterocycles. The number of para-hydroxylation sites is 1. The summed E-state index contributed by atoms with van der Waals surface area (Å²) < 4.78 is 0. The van der Waals surface area contributed by atoms with Crippen molar-refractivity contribution in [2.75, 3.05) is 13.1 Å². The first-order valence-corrected chi connectivity index (χ1v) is 8.16. The number of fused-ring (bicyclic) bond motifs is 4. The lowest BCUT2D eigenvalue weighted by Crippen LogP contribution is -2.54. The third-order valence-electron chi connectivity index (χ3n) is 5.52. The first-order valence-electron chi connectivity index (χ1n) is 8.16. The van der Waals surface area contributed by atoms with Gasteiger partial charge in [0.05, 0.1) is 11.6 Å². The van der Waals surface area contributed by atoms with Crippen LogP contribution in [0.4, 0.5) is 0 Å². The van der Waals surface area contributed by atoms with E-state index in [1.165, 1.54) is 6.42 Å². The number of benzene rings is 1. The topological polar surface area (TPSA) is 36.4 Å². The minimum absolute atomic E-state index is 0.223. The molecule has 5 rings (SSSR count). The van der Waals surface area contributed by atoms with Gasteiger partial charge in [-0.25, -0.2) is 0 Å². The van der Waals surface area contributed by atoms with Crippen molar-refractivity contribution >= 4 is 10.9 Å². The Morgan fingerprint density at radius 2 is 2.18 bits per heavy atom. The molecule has 3 unspecified atom stereocenters. The van der Waals surface area contributed by atoms with E-state index in [-0.39, 0.29) is 6.04 Å². The second-order valence-corrected chi connectivity index (χ2v) is 6.61. The van der Waals surface area contributed by atoms with Crippen molar-refractivity contribution in [1.82, 2.24) is 9.88 Å². The zero-order valence-electron chi connectivity index (χ0n) is 12.7. The molecule has 2 aromatic rings. The van der Waals surface area contributed by atoms with E-state index in [0.717, 1.165) is 36.0 Å². The molecule has 3 nitrogen and oxygen atoms in total. The van der Waals surface area contributed by atoms with Gasteiger partial charge in [-0.3, -0.25) is 9.88 Å². The van der Waals surface area contributed by atoms with Gasteiger partial charge in [0.1, 0.15) is 0 Å². The molecule has 3 aliphatic rings. The number of aliphatic hydroxyl groups is 1. The van der Waals surface area contributed by atoms with Crippen molar-refractivity contribution < 1.29 is 5.11 Å². The number of aliphatic hydroxyl groups excluding tert-OH is 1. The van der Waals surface area contributed by atoms with Gasteiger partial charge in [-0.2, -0.15) is 0 Å². The Hall–Kier alpha value is -1.71. The third kappa shape index (κ3) is 2.16. The molecule has 1 aromatic carbocycles. The molecule has 3 aliphatic heterocycles. The Labute approximate surface area is 131 Å². The minimum atomic E-state index is -0.443. The number of hydrogen-bond acceptors (Lipinski definition) is 3. The lowest BCUT2D eigenvalue weighted by molar-refractivity contribution is -0.0444. The molecule has 3 fully saturated rings. The maximum absolute atomic E-state index is 11.0. The Balaban J connectivity index is 1.67. The van der Waals surface area contributed by atoms with Crippen molar-refractivity contribution in [3.05, 3.63) is 54.7 Å². The quantitative estimate of drug-likeness (QED) is 0.883. The van der Waals surface area contributed by atoms with Crippen LogP contribution in [0.15, 0.2) is 49.2 Å². The molecule has 2 bridgehead atoms. The minimum Gasteiger partial charge on any atom is -0.387 e. The molecule has 1 aromatic heterocycles. The Morgan fingerprint density at radius 3 is 2.95 bits per heavy atom. The van der Waals surface area contributed by atoms with Crippen LogP contribution in [0, 0.1) is 11.8 Å². The number of piperidine rings is 3. The Bertz CT molecular complexity index is 693. The first-order chi connectivity index (χ1) is 10.8. The van der Waals surface area contributed by atoms with E-state index in [1.54, 1.807) is 0 Å². The number of hydrogen-bond donors (Lipinski definition) is 1. The maximum atomic E-state index is 11.0. The van der Waals surface area contributed by atoms with Crippen LogP contribution in [-0.4, -0.2) is 34.1 Å². The highest BCUT2D eigenvalue weighted by molar-refractivity contribution is 5.82. The van der Waals surface area contributed by atoms with E-state index in [4.69, 9.17) is 0 Å². The summed E-state index contributed by atoms with van der Waals surface area (Å²) in [5.41, 5.74) is 1.97. The van der Waals surface area contributed by atoms with E-state index in [0.29, 0.717) is 11.8 Å². The van der Waals surface area contributed by atoms with Gasteiger partial charge in [0.2, 0.25) is 0 Å². The van der Waals surface area contributed by atoms with E-state index < -0.39 is 6.10 Å². The van der Waals surface area contributed by atoms with E-state index in [2.05, 4.69) is 28.6 Å². The average Bonchev–Trinajstić information content (AvgIpc) is 2.60. The zero-order chi connectivity index (χ0) is 15.1. The van der Waals surface area contributed by atoms with Gasteiger partial charge in [0, 0.05) is 24.2 Å². The van der Waals surface area contributed by atoms with Gasteiger partial charge in [0.15, 0.2) is 0 Å². The van der Waals surface area contributed by atoms with Gasteiger partial charge in [-0.15, -0.1) is 6.58 Å². The molecule has 4 heterocycles. The Kier molecular flexibility index (Phi) is 3.47. The SMILES string of the molecule is C=CC1CN2CC[C@H]1CC2[C@@H](O)c1ccnc2ccccc12. The van der Waals surface area contributed by atoms with Gasteiger partial charge in [0.25, 0.3) is 0 Å². The van der Waals surface area contributed by atoms with E-state index in [1.807, 2.05) is 30.5 Å². The Morgan fingerprint density at radius 1 is 1.32 bits per heavy atom. The van der Waals surface area contributed by atoms with Gasteiger partial charge in [-0.05, 0) is 48.9 Å². The summed E-state index contributed by atoms with van der Waals surface area (Å²) in [6.07, 6.45) is 5.76. The van der Waals surface area contributed by atoms with Crippen LogP contribution in [0.2, 0.25) is 0 Å². The van der Waals surface area contributed by atoms with Crippen LogP contribution in [0.3, 0.4) is 0 Å². The second-order valence-electron chi connectivity index (χ2n) is 6.61. The highest BCUT2D eigenvalue weighted by Gasteiger charge is 2.42. The van der Waals surface area contributed by atoms with Gasteiger partial charge in [-0.1, -0.05) is 24.3 Å². The molecule has 22 heavy (non-hydrogen) atoms. The number of nitrogens with zero attached hydrogens (tertiary/aromatic N) is 2. The summed E-state index contributed by atoms with van der Waals surface area (Å²) in [6.45, 7) is 6.11. The van der Waals surface area contributed by atoms with Crippen LogP contribution >= 0.6 is 0 Å². The lowest BCUT2D eigenvalue weighted by Gasteiger charge is -2.50. The highest BCUT2D eigenvalue weighted by Crippen LogP contribution is 2.41. The van der Waals surface area contributed by atoms with Crippen LogP contribution in [0.25, 0.3) is 10.9 Å². The summed E-state index contributed by atoms with van der Waals surface area (Å²) >= 11 is 0. The highest BCUT2D eigenvalue weighted by atomic mass is 16.3.